The Morgan fingerprint density at radius 3 is 2.84 bits per heavy atom. The van der Waals surface area contributed by atoms with E-state index in [-0.39, 0.29) is 5.91 Å². The summed E-state index contributed by atoms with van der Waals surface area (Å²) in [6.07, 6.45) is 8.07. The van der Waals surface area contributed by atoms with Gasteiger partial charge in [0.15, 0.2) is 0 Å². The van der Waals surface area contributed by atoms with Gasteiger partial charge in [-0.05, 0) is 49.1 Å². The summed E-state index contributed by atoms with van der Waals surface area (Å²) in [7, 11) is 0. The average molecular weight is 334 g/mol. The van der Waals surface area contributed by atoms with Crippen LogP contribution in [0.5, 0.6) is 0 Å². The van der Waals surface area contributed by atoms with E-state index in [1.54, 1.807) is 42.6 Å². The lowest BCUT2D eigenvalue weighted by atomic mass is 9.89. The van der Waals surface area contributed by atoms with Crippen molar-refractivity contribution in [1.29, 1.82) is 5.26 Å². The second-order valence-electron chi connectivity index (χ2n) is 6.43. The average Bonchev–Trinajstić information content (AvgIpc) is 2.67. The van der Waals surface area contributed by atoms with E-state index in [2.05, 4.69) is 21.7 Å². The maximum Gasteiger partial charge on any atom is 0.259 e. The molecule has 3 rings (SSSR count). The Morgan fingerprint density at radius 2 is 2.04 bits per heavy atom. The lowest BCUT2D eigenvalue weighted by Crippen LogP contribution is -2.20. The molecule has 0 atom stereocenters. The molecule has 25 heavy (non-hydrogen) atoms. The largest absolute Gasteiger partial charge is 0.369 e. The maximum atomic E-state index is 12.6. The standard InChI is InChI=1S/C20H22N4O/c21-13-16-8-4-9-17(12-16)24-20(25)18-10-5-11-22-19(18)23-14-15-6-2-1-3-7-15/h4-5,8-12,15H,1-3,6-7,14H2,(H,22,23)(H,24,25). The smallest absolute Gasteiger partial charge is 0.259 e. The van der Waals surface area contributed by atoms with Crippen molar-refractivity contribution < 1.29 is 4.79 Å². The van der Waals surface area contributed by atoms with E-state index >= 15 is 0 Å². The lowest BCUT2D eigenvalue weighted by Gasteiger charge is -2.22. The highest BCUT2D eigenvalue weighted by atomic mass is 16.1. The highest BCUT2D eigenvalue weighted by Gasteiger charge is 2.16. The maximum absolute atomic E-state index is 12.6. The fourth-order valence-corrected chi connectivity index (χ4v) is 3.23. The minimum atomic E-state index is -0.227. The van der Waals surface area contributed by atoms with Crippen LogP contribution in [0.15, 0.2) is 42.6 Å². The zero-order valence-electron chi connectivity index (χ0n) is 14.2. The van der Waals surface area contributed by atoms with E-state index < -0.39 is 0 Å². The number of pyridine rings is 1. The molecule has 1 amide bonds. The van der Waals surface area contributed by atoms with Crippen LogP contribution in [-0.4, -0.2) is 17.4 Å². The summed E-state index contributed by atoms with van der Waals surface area (Å²) < 4.78 is 0. The van der Waals surface area contributed by atoms with Crippen LogP contribution in [0, 0.1) is 17.2 Å². The fraction of sp³-hybridized carbons (Fsp3) is 0.350. The third-order valence-corrected chi connectivity index (χ3v) is 4.58. The number of nitrogens with one attached hydrogen (secondary N) is 2. The molecule has 0 unspecified atom stereocenters. The third-order valence-electron chi connectivity index (χ3n) is 4.58. The minimum Gasteiger partial charge on any atom is -0.369 e. The van der Waals surface area contributed by atoms with E-state index in [4.69, 9.17) is 5.26 Å². The summed E-state index contributed by atoms with van der Waals surface area (Å²) in [5.74, 6) is 1.04. The van der Waals surface area contributed by atoms with Crippen molar-refractivity contribution >= 4 is 17.4 Å². The Kier molecular flexibility index (Phi) is 5.63. The fourth-order valence-electron chi connectivity index (χ4n) is 3.23. The summed E-state index contributed by atoms with van der Waals surface area (Å²) in [5, 5.41) is 15.2. The van der Waals surface area contributed by atoms with E-state index in [1.807, 2.05) is 0 Å². The number of benzene rings is 1. The molecule has 5 heteroatoms. The van der Waals surface area contributed by atoms with Crippen molar-refractivity contribution in [1.82, 2.24) is 4.98 Å². The van der Waals surface area contributed by atoms with Gasteiger partial charge in [0, 0.05) is 18.4 Å². The Bertz CT molecular complexity index is 775. The number of carbonyl (C=O) groups excluding carboxylic acids is 1. The molecule has 0 spiro atoms. The SMILES string of the molecule is N#Cc1cccc(NC(=O)c2cccnc2NCC2CCCCC2)c1. The summed E-state index contributed by atoms with van der Waals surface area (Å²) in [6.45, 7) is 0.848. The number of nitriles is 1. The number of amides is 1. The van der Waals surface area contributed by atoms with Crippen molar-refractivity contribution in [3.8, 4) is 6.07 Å². The predicted octanol–water partition coefficient (Wildman–Crippen LogP) is 4.20. The van der Waals surface area contributed by atoms with Crippen molar-refractivity contribution in [2.45, 2.75) is 32.1 Å². The second-order valence-corrected chi connectivity index (χ2v) is 6.43. The number of hydrogen-bond donors (Lipinski definition) is 2. The molecule has 5 nitrogen and oxygen atoms in total. The molecule has 1 aromatic carbocycles. The first kappa shape index (κ1) is 17.0. The van der Waals surface area contributed by atoms with Gasteiger partial charge in [-0.15, -0.1) is 0 Å². The number of hydrogen-bond acceptors (Lipinski definition) is 4. The summed E-state index contributed by atoms with van der Waals surface area (Å²) in [5.41, 5.74) is 1.63. The van der Waals surface area contributed by atoms with Crippen LogP contribution in [-0.2, 0) is 0 Å². The van der Waals surface area contributed by atoms with E-state index in [0.29, 0.717) is 28.6 Å². The second kappa shape index (κ2) is 8.29. The topological polar surface area (TPSA) is 77.8 Å². The van der Waals surface area contributed by atoms with E-state index in [9.17, 15) is 4.79 Å². The molecule has 2 aromatic rings. The quantitative estimate of drug-likeness (QED) is 0.859. The molecule has 0 radical (unpaired) electrons. The van der Waals surface area contributed by atoms with Gasteiger partial charge in [0.1, 0.15) is 5.82 Å². The zero-order valence-corrected chi connectivity index (χ0v) is 14.2. The summed E-state index contributed by atoms with van der Waals surface area (Å²) in [6, 6.07) is 12.5. The normalized spacial score (nSPS) is 14.5. The van der Waals surface area contributed by atoms with Gasteiger partial charge in [-0.1, -0.05) is 25.3 Å². The monoisotopic (exact) mass is 334 g/mol. The number of anilines is 2. The summed E-state index contributed by atoms with van der Waals surface area (Å²) >= 11 is 0. The van der Waals surface area contributed by atoms with Crippen molar-refractivity contribution in [2.24, 2.45) is 5.92 Å². The van der Waals surface area contributed by atoms with Gasteiger partial charge < -0.3 is 10.6 Å². The van der Waals surface area contributed by atoms with E-state index in [0.717, 1.165) is 6.54 Å². The predicted molar refractivity (Wildman–Crippen MR) is 98.4 cm³/mol. The highest BCUT2D eigenvalue weighted by Crippen LogP contribution is 2.24. The van der Waals surface area contributed by atoms with Crippen LogP contribution in [0.2, 0.25) is 0 Å². The van der Waals surface area contributed by atoms with Crippen LogP contribution in [0.25, 0.3) is 0 Å². The van der Waals surface area contributed by atoms with Crippen LogP contribution in [0.1, 0.15) is 48.0 Å². The lowest BCUT2D eigenvalue weighted by molar-refractivity contribution is 0.102. The van der Waals surface area contributed by atoms with Crippen LogP contribution >= 0.6 is 0 Å². The Labute approximate surface area is 148 Å². The Hall–Kier alpha value is -2.87. The van der Waals surface area contributed by atoms with Gasteiger partial charge >= 0.3 is 0 Å². The molecule has 1 heterocycles. The van der Waals surface area contributed by atoms with Gasteiger partial charge in [-0.3, -0.25) is 4.79 Å². The van der Waals surface area contributed by atoms with Gasteiger partial charge in [-0.2, -0.15) is 5.26 Å². The highest BCUT2D eigenvalue weighted by molar-refractivity contribution is 6.07. The zero-order chi connectivity index (χ0) is 17.5. The molecule has 1 aromatic heterocycles. The third kappa shape index (κ3) is 4.57. The molecular formula is C20H22N4O. The number of rotatable bonds is 5. The number of nitrogens with zero attached hydrogens (tertiary/aromatic N) is 2. The molecule has 2 N–H and O–H groups in total. The molecular weight excluding hydrogens is 312 g/mol. The van der Waals surface area contributed by atoms with Crippen molar-refractivity contribution in [3.63, 3.8) is 0 Å². The van der Waals surface area contributed by atoms with Gasteiger partial charge in [0.05, 0.1) is 17.2 Å². The summed E-state index contributed by atoms with van der Waals surface area (Å²) in [4.78, 5) is 16.9. The number of carbonyl (C=O) groups is 1. The van der Waals surface area contributed by atoms with Gasteiger partial charge in [0.2, 0.25) is 0 Å². The molecule has 128 valence electrons. The first-order valence-corrected chi connectivity index (χ1v) is 8.76. The molecule has 0 aliphatic heterocycles. The molecule has 0 bridgehead atoms. The van der Waals surface area contributed by atoms with Crippen LogP contribution < -0.4 is 10.6 Å². The van der Waals surface area contributed by atoms with Crippen LogP contribution in [0.3, 0.4) is 0 Å². The first-order chi connectivity index (χ1) is 12.3. The van der Waals surface area contributed by atoms with Crippen LogP contribution in [0.4, 0.5) is 11.5 Å². The number of aromatic nitrogens is 1. The Balaban J connectivity index is 1.68. The van der Waals surface area contributed by atoms with Crippen molar-refractivity contribution in [2.75, 3.05) is 17.2 Å². The van der Waals surface area contributed by atoms with Gasteiger partial charge in [0.25, 0.3) is 5.91 Å². The Morgan fingerprint density at radius 1 is 1.20 bits per heavy atom. The molecule has 0 saturated heterocycles. The van der Waals surface area contributed by atoms with Gasteiger partial charge in [-0.25, -0.2) is 4.98 Å². The molecule has 1 aliphatic carbocycles. The molecule has 1 aliphatic rings. The molecule has 1 fully saturated rings. The van der Waals surface area contributed by atoms with Crippen molar-refractivity contribution in [3.05, 3.63) is 53.7 Å². The molecule has 1 saturated carbocycles. The van der Waals surface area contributed by atoms with E-state index in [1.165, 1.54) is 32.1 Å². The first-order valence-electron chi connectivity index (χ1n) is 8.76. The minimum absolute atomic E-state index is 0.227.